The molecule has 0 unspecified atom stereocenters. The van der Waals surface area contributed by atoms with Crippen LogP contribution in [0.5, 0.6) is 0 Å². The molecule has 0 radical (unpaired) electrons. The molecular formula is C13H17NO6S. The number of benzene rings is 1. The lowest BCUT2D eigenvalue weighted by Crippen LogP contribution is -2.41. The van der Waals surface area contributed by atoms with E-state index < -0.39 is 32.9 Å². The van der Waals surface area contributed by atoms with Crippen molar-refractivity contribution in [2.75, 3.05) is 0 Å². The van der Waals surface area contributed by atoms with Gasteiger partial charge >= 0.3 is 5.97 Å². The number of hydrogen-bond donors (Lipinski definition) is 3. The van der Waals surface area contributed by atoms with Crippen LogP contribution in [0.2, 0.25) is 0 Å². The van der Waals surface area contributed by atoms with Gasteiger partial charge in [-0.3, -0.25) is 9.35 Å². The number of amides is 1. The molecule has 1 atom stereocenters. The highest BCUT2D eigenvalue weighted by atomic mass is 32.2. The van der Waals surface area contributed by atoms with Crippen molar-refractivity contribution in [2.45, 2.75) is 31.2 Å². The topological polar surface area (TPSA) is 121 Å². The van der Waals surface area contributed by atoms with E-state index in [9.17, 15) is 18.0 Å². The van der Waals surface area contributed by atoms with E-state index in [-0.39, 0.29) is 17.9 Å². The molecule has 1 rings (SSSR count). The lowest BCUT2D eigenvalue weighted by atomic mass is 10.0. The third-order valence-electron chi connectivity index (χ3n) is 2.70. The summed E-state index contributed by atoms with van der Waals surface area (Å²) in [6, 6.07) is 3.68. The zero-order valence-corrected chi connectivity index (χ0v) is 12.4. The molecule has 7 nitrogen and oxygen atoms in total. The molecule has 116 valence electrons. The molecule has 0 saturated heterocycles. The molecule has 1 amide bonds. The van der Waals surface area contributed by atoms with Crippen LogP contribution in [0.3, 0.4) is 0 Å². The van der Waals surface area contributed by atoms with E-state index in [0.29, 0.717) is 0 Å². The molecule has 0 bridgehead atoms. The van der Waals surface area contributed by atoms with Gasteiger partial charge in [-0.2, -0.15) is 8.42 Å². The predicted molar refractivity (Wildman–Crippen MR) is 74.6 cm³/mol. The largest absolute Gasteiger partial charge is 0.480 e. The summed E-state index contributed by atoms with van der Waals surface area (Å²) in [7, 11) is -4.42. The van der Waals surface area contributed by atoms with Gasteiger partial charge < -0.3 is 10.4 Å². The van der Waals surface area contributed by atoms with E-state index in [0.717, 1.165) is 12.1 Å². The summed E-state index contributed by atoms with van der Waals surface area (Å²) in [5, 5.41) is 11.4. The van der Waals surface area contributed by atoms with Crippen molar-refractivity contribution >= 4 is 22.0 Å². The second-order valence-corrected chi connectivity index (χ2v) is 6.42. The first-order valence-corrected chi connectivity index (χ1v) is 7.66. The Kier molecular flexibility index (Phi) is 5.45. The first-order valence-electron chi connectivity index (χ1n) is 6.22. The summed E-state index contributed by atoms with van der Waals surface area (Å²) < 4.78 is 31.0. The summed E-state index contributed by atoms with van der Waals surface area (Å²) in [6.45, 7) is 3.64. The summed E-state index contributed by atoms with van der Waals surface area (Å²) in [4.78, 5) is 22.6. The van der Waals surface area contributed by atoms with Crippen molar-refractivity contribution < 1.29 is 27.7 Å². The zero-order chi connectivity index (χ0) is 16.2. The maximum absolute atomic E-state index is 12.0. The van der Waals surface area contributed by atoms with Crippen molar-refractivity contribution in [1.82, 2.24) is 5.32 Å². The van der Waals surface area contributed by atoms with Gasteiger partial charge in [0.15, 0.2) is 0 Å². The number of nitrogens with one attached hydrogen (secondary N) is 1. The Bertz CT molecular complexity index is 638. The Labute approximate surface area is 122 Å². The highest BCUT2D eigenvalue weighted by Gasteiger charge is 2.22. The van der Waals surface area contributed by atoms with Crippen LogP contribution >= 0.6 is 0 Å². The molecule has 0 heterocycles. The second-order valence-electron chi connectivity index (χ2n) is 5.00. The third kappa shape index (κ3) is 5.16. The molecule has 1 aromatic rings. The van der Waals surface area contributed by atoms with Gasteiger partial charge in [0.05, 0.1) is 4.90 Å². The SMILES string of the molecule is CC(C)C[C@H](NC(=O)c1cccc(S(=O)(=O)O)c1)C(=O)O. The van der Waals surface area contributed by atoms with Gasteiger partial charge in [-0.05, 0) is 30.5 Å². The van der Waals surface area contributed by atoms with Gasteiger partial charge in [-0.25, -0.2) is 4.79 Å². The summed E-state index contributed by atoms with van der Waals surface area (Å²) in [6.07, 6.45) is 0.249. The van der Waals surface area contributed by atoms with Gasteiger partial charge in [-0.1, -0.05) is 19.9 Å². The maximum atomic E-state index is 12.0. The van der Waals surface area contributed by atoms with Crippen molar-refractivity contribution in [3.8, 4) is 0 Å². The van der Waals surface area contributed by atoms with E-state index in [1.165, 1.54) is 12.1 Å². The normalized spacial score (nSPS) is 13.0. The Hall–Kier alpha value is -1.93. The van der Waals surface area contributed by atoms with Gasteiger partial charge in [0.25, 0.3) is 16.0 Å². The van der Waals surface area contributed by atoms with Gasteiger partial charge in [0.2, 0.25) is 0 Å². The first-order chi connectivity index (χ1) is 9.61. The van der Waals surface area contributed by atoms with E-state index in [1.54, 1.807) is 0 Å². The predicted octanol–water partition coefficient (Wildman–Crippen LogP) is 1.16. The van der Waals surface area contributed by atoms with E-state index in [2.05, 4.69) is 5.32 Å². The summed E-state index contributed by atoms with van der Waals surface area (Å²) in [5.74, 6) is -1.81. The van der Waals surface area contributed by atoms with Crippen LogP contribution in [0.25, 0.3) is 0 Å². The fourth-order valence-electron chi connectivity index (χ4n) is 1.73. The number of hydrogen-bond acceptors (Lipinski definition) is 4. The van der Waals surface area contributed by atoms with Crippen molar-refractivity contribution in [2.24, 2.45) is 5.92 Å². The fraction of sp³-hybridized carbons (Fsp3) is 0.385. The number of aliphatic carboxylic acids is 1. The standard InChI is InChI=1S/C13H17NO6S/c1-8(2)6-11(13(16)17)14-12(15)9-4-3-5-10(7-9)21(18,19)20/h3-5,7-8,11H,6H2,1-2H3,(H,14,15)(H,16,17)(H,18,19,20)/t11-/m0/s1. The van der Waals surface area contributed by atoms with Crippen LogP contribution in [-0.4, -0.2) is 36.0 Å². The highest BCUT2D eigenvalue weighted by Crippen LogP contribution is 2.12. The minimum Gasteiger partial charge on any atom is -0.480 e. The molecule has 1 aromatic carbocycles. The Morgan fingerprint density at radius 1 is 1.29 bits per heavy atom. The van der Waals surface area contributed by atoms with Crippen molar-refractivity contribution in [3.05, 3.63) is 29.8 Å². The minimum absolute atomic E-state index is 0.0415. The molecule has 0 fully saturated rings. The molecule has 0 spiro atoms. The van der Waals surface area contributed by atoms with Crippen molar-refractivity contribution in [1.29, 1.82) is 0 Å². The average Bonchev–Trinajstić information content (AvgIpc) is 2.36. The van der Waals surface area contributed by atoms with Crippen LogP contribution in [0.15, 0.2) is 29.2 Å². The van der Waals surface area contributed by atoms with Crippen LogP contribution in [0, 0.1) is 5.92 Å². The van der Waals surface area contributed by atoms with E-state index in [4.69, 9.17) is 9.66 Å². The number of carbonyl (C=O) groups excluding carboxylic acids is 1. The van der Waals surface area contributed by atoms with Crippen LogP contribution in [0.1, 0.15) is 30.6 Å². The molecule has 0 aliphatic heterocycles. The number of rotatable bonds is 6. The zero-order valence-electron chi connectivity index (χ0n) is 11.6. The highest BCUT2D eigenvalue weighted by molar-refractivity contribution is 7.85. The Morgan fingerprint density at radius 2 is 1.90 bits per heavy atom. The number of carbonyl (C=O) groups is 2. The third-order valence-corrected chi connectivity index (χ3v) is 3.55. The van der Waals surface area contributed by atoms with Crippen molar-refractivity contribution in [3.63, 3.8) is 0 Å². The quantitative estimate of drug-likeness (QED) is 0.677. The molecule has 0 aliphatic carbocycles. The fourth-order valence-corrected chi connectivity index (χ4v) is 2.26. The van der Waals surface area contributed by atoms with E-state index >= 15 is 0 Å². The van der Waals surface area contributed by atoms with Crippen LogP contribution in [-0.2, 0) is 14.9 Å². The molecule has 0 aromatic heterocycles. The lowest BCUT2D eigenvalue weighted by Gasteiger charge is -2.16. The molecule has 21 heavy (non-hydrogen) atoms. The first kappa shape index (κ1) is 17.1. The lowest BCUT2D eigenvalue weighted by molar-refractivity contribution is -0.139. The Balaban J connectivity index is 2.96. The molecule has 8 heteroatoms. The Morgan fingerprint density at radius 3 is 2.38 bits per heavy atom. The van der Waals surface area contributed by atoms with Gasteiger partial charge in [0.1, 0.15) is 6.04 Å². The summed E-state index contributed by atoms with van der Waals surface area (Å²) >= 11 is 0. The summed E-state index contributed by atoms with van der Waals surface area (Å²) in [5.41, 5.74) is -0.0415. The average molecular weight is 315 g/mol. The molecule has 0 aliphatic rings. The maximum Gasteiger partial charge on any atom is 0.326 e. The second kappa shape index (κ2) is 6.68. The van der Waals surface area contributed by atoms with Crippen LogP contribution in [0.4, 0.5) is 0 Å². The van der Waals surface area contributed by atoms with Crippen LogP contribution < -0.4 is 5.32 Å². The molecule has 0 saturated carbocycles. The van der Waals surface area contributed by atoms with Gasteiger partial charge in [0, 0.05) is 5.56 Å². The minimum atomic E-state index is -4.42. The number of carboxylic acids is 1. The molecular weight excluding hydrogens is 298 g/mol. The van der Waals surface area contributed by atoms with E-state index in [1.807, 2.05) is 13.8 Å². The van der Waals surface area contributed by atoms with Gasteiger partial charge in [-0.15, -0.1) is 0 Å². The monoisotopic (exact) mass is 315 g/mol. The number of carboxylic acid groups (broad SMARTS) is 1. The smallest absolute Gasteiger partial charge is 0.326 e. The molecule has 3 N–H and O–H groups in total.